The standard InChI is InChI=1S/C17H22N4OS/c1-20(2)12-4-3-11-16(12)21(9-18-11)17-19-15-10-7-8-22-13(10)5-6-14(15)23-17/h5-6,11-12,16,18H,3-4,7-9H2,1-2H3/t11-,12+,16-/m1/s1. The van der Waals surface area contributed by atoms with Crippen molar-refractivity contribution in [1.29, 1.82) is 0 Å². The molecule has 1 N–H and O–H groups in total. The third kappa shape index (κ3) is 2.01. The largest absolute Gasteiger partial charge is 0.493 e. The maximum atomic E-state index is 5.69. The Kier molecular flexibility index (Phi) is 3.08. The highest BCUT2D eigenvalue weighted by atomic mass is 32.1. The number of benzene rings is 1. The molecule has 0 unspecified atom stereocenters. The van der Waals surface area contributed by atoms with Crippen molar-refractivity contribution < 1.29 is 4.74 Å². The summed E-state index contributed by atoms with van der Waals surface area (Å²) in [5.74, 6) is 1.03. The summed E-state index contributed by atoms with van der Waals surface area (Å²) in [6, 6.07) is 6.02. The predicted molar refractivity (Wildman–Crippen MR) is 93.6 cm³/mol. The van der Waals surface area contributed by atoms with E-state index in [2.05, 4.69) is 41.3 Å². The number of hydrogen-bond donors (Lipinski definition) is 1. The van der Waals surface area contributed by atoms with E-state index in [-0.39, 0.29) is 0 Å². The molecule has 3 aliphatic rings. The topological polar surface area (TPSA) is 40.6 Å². The first kappa shape index (κ1) is 14.0. The molecule has 5 nitrogen and oxygen atoms in total. The van der Waals surface area contributed by atoms with E-state index in [4.69, 9.17) is 9.72 Å². The Labute approximate surface area is 140 Å². The van der Waals surface area contributed by atoms with Gasteiger partial charge in [0.25, 0.3) is 0 Å². The van der Waals surface area contributed by atoms with E-state index in [1.807, 2.05) is 11.3 Å². The maximum Gasteiger partial charge on any atom is 0.187 e. The maximum absolute atomic E-state index is 5.69. The van der Waals surface area contributed by atoms with E-state index in [1.54, 1.807) is 0 Å². The van der Waals surface area contributed by atoms with Crippen LogP contribution >= 0.6 is 11.3 Å². The highest BCUT2D eigenvalue weighted by Gasteiger charge is 2.45. The second kappa shape index (κ2) is 5.06. The third-order valence-electron chi connectivity index (χ3n) is 5.59. The minimum Gasteiger partial charge on any atom is -0.493 e. The van der Waals surface area contributed by atoms with Crippen LogP contribution in [0.15, 0.2) is 12.1 Å². The Balaban J connectivity index is 1.55. The van der Waals surface area contributed by atoms with Crippen molar-refractivity contribution in [2.45, 2.75) is 37.4 Å². The minimum absolute atomic E-state index is 0.537. The van der Waals surface area contributed by atoms with Gasteiger partial charge in [0.05, 0.1) is 29.5 Å². The van der Waals surface area contributed by atoms with Crippen LogP contribution in [0.25, 0.3) is 10.2 Å². The van der Waals surface area contributed by atoms with Gasteiger partial charge in [-0.15, -0.1) is 0 Å². The molecule has 0 spiro atoms. The van der Waals surface area contributed by atoms with Crippen molar-refractivity contribution in [2.75, 3.05) is 32.3 Å². The van der Waals surface area contributed by atoms with Gasteiger partial charge in [0.1, 0.15) is 5.75 Å². The summed E-state index contributed by atoms with van der Waals surface area (Å²) in [7, 11) is 4.40. The van der Waals surface area contributed by atoms with Gasteiger partial charge < -0.3 is 14.5 Å². The van der Waals surface area contributed by atoms with Gasteiger partial charge in [-0.3, -0.25) is 5.32 Å². The van der Waals surface area contributed by atoms with Gasteiger partial charge >= 0.3 is 0 Å². The molecule has 1 aliphatic carbocycles. The number of aromatic nitrogens is 1. The Morgan fingerprint density at radius 1 is 1.35 bits per heavy atom. The van der Waals surface area contributed by atoms with E-state index in [1.165, 1.54) is 23.1 Å². The SMILES string of the molecule is CN(C)[C@H]1CC[C@H]2NCN(c3nc4c5c(ccc4s3)OCC5)[C@H]21. The van der Waals surface area contributed by atoms with Crippen molar-refractivity contribution in [3.8, 4) is 5.75 Å². The van der Waals surface area contributed by atoms with Crippen LogP contribution in [0.5, 0.6) is 5.75 Å². The normalized spacial score (nSPS) is 29.3. The molecule has 0 bridgehead atoms. The highest BCUT2D eigenvalue weighted by molar-refractivity contribution is 7.22. The molecule has 122 valence electrons. The molecule has 3 heterocycles. The van der Waals surface area contributed by atoms with Gasteiger partial charge in [0, 0.05) is 24.1 Å². The summed E-state index contributed by atoms with van der Waals surface area (Å²) in [5, 5.41) is 4.85. The average molecular weight is 330 g/mol. The van der Waals surface area contributed by atoms with Crippen LogP contribution < -0.4 is 15.0 Å². The summed E-state index contributed by atoms with van der Waals surface area (Å²) in [5.41, 5.74) is 2.45. The van der Waals surface area contributed by atoms with Crippen LogP contribution in [0.2, 0.25) is 0 Å². The molecule has 2 fully saturated rings. The molecule has 0 amide bonds. The van der Waals surface area contributed by atoms with E-state index in [0.717, 1.165) is 36.1 Å². The fraction of sp³-hybridized carbons (Fsp3) is 0.588. The van der Waals surface area contributed by atoms with E-state index >= 15 is 0 Å². The first-order valence-corrected chi connectivity index (χ1v) is 9.26. The Morgan fingerprint density at radius 2 is 2.26 bits per heavy atom. The van der Waals surface area contributed by atoms with Crippen LogP contribution in [0.1, 0.15) is 18.4 Å². The molecule has 6 heteroatoms. The molecule has 1 saturated carbocycles. The monoisotopic (exact) mass is 330 g/mol. The summed E-state index contributed by atoms with van der Waals surface area (Å²) in [6.07, 6.45) is 3.51. The zero-order valence-electron chi connectivity index (χ0n) is 13.6. The lowest BCUT2D eigenvalue weighted by Crippen LogP contribution is -2.46. The number of nitrogens with one attached hydrogen (secondary N) is 1. The fourth-order valence-electron chi connectivity index (χ4n) is 4.47. The van der Waals surface area contributed by atoms with Crippen molar-refractivity contribution in [3.05, 3.63) is 17.7 Å². The second-order valence-corrected chi connectivity index (χ2v) is 8.03. The van der Waals surface area contributed by atoms with Crippen molar-refractivity contribution >= 4 is 26.7 Å². The van der Waals surface area contributed by atoms with Crippen LogP contribution in [0.4, 0.5) is 5.13 Å². The van der Waals surface area contributed by atoms with Gasteiger partial charge in [-0.1, -0.05) is 11.3 Å². The van der Waals surface area contributed by atoms with E-state index in [9.17, 15) is 0 Å². The molecule has 2 aliphatic heterocycles. The first-order valence-electron chi connectivity index (χ1n) is 8.44. The Bertz CT molecular complexity index is 758. The summed E-state index contributed by atoms with van der Waals surface area (Å²) >= 11 is 1.82. The van der Waals surface area contributed by atoms with Crippen LogP contribution in [0, 0.1) is 0 Å². The average Bonchev–Trinajstić information content (AvgIpc) is 3.27. The number of fused-ring (bicyclic) bond motifs is 4. The molecule has 1 aromatic carbocycles. The third-order valence-corrected chi connectivity index (χ3v) is 6.65. The van der Waals surface area contributed by atoms with E-state index in [0.29, 0.717) is 18.1 Å². The second-order valence-electron chi connectivity index (χ2n) is 7.02. The molecule has 5 rings (SSSR count). The molecule has 1 aromatic heterocycles. The van der Waals surface area contributed by atoms with Gasteiger partial charge in [-0.2, -0.15) is 0 Å². The Hall–Kier alpha value is -1.37. The van der Waals surface area contributed by atoms with Gasteiger partial charge in [-0.05, 0) is 39.1 Å². The number of rotatable bonds is 2. The predicted octanol–water partition coefficient (Wildman–Crippen LogP) is 2.06. The minimum atomic E-state index is 0.537. The van der Waals surface area contributed by atoms with Gasteiger partial charge in [-0.25, -0.2) is 4.98 Å². The number of ether oxygens (including phenoxy) is 1. The molecule has 23 heavy (non-hydrogen) atoms. The van der Waals surface area contributed by atoms with Crippen molar-refractivity contribution in [1.82, 2.24) is 15.2 Å². The molecular weight excluding hydrogens is 308 g/mol. The van der Waals surface area contributed by atoms with Crippen molar-refractivity contribution in [2.24, 2.45) is 0 Å². The number of thiazole rings is 1. The smallest absolute Gasteiger partial charge is 0.187 e. The summed E-state index contributed by atoms with van der Waals surface area (Å²) in [4.78, 5) is 9.90. The van der Waals surface area contributed by atoms with Crippen molar-refractivity contribution in [3.63, 3.8) is 0 Å². The van der Waals surface area contributed by atoms with Crippen LogP contribution in [-0.2, 0) is 6.42 Å². The zero-order valence-corrected chi connectivity index (χ0v) is 14.4. The lowest BCUT2D eigenvalue weighted by Gasteiger charge is -2.31. The molecule has 1 saturated heterocycles. The number of nitrogens with zero attached hydrogens (tertiary/aromatic N) is 3. The summed E-state index contributed by atoms with van der Waals surface area (Å²) < 4.78 is 6.98. The van der Waals surface area contributed by atoms with E-state index < -0.39 is 0 Å². The number of anilines is 1. The summed E-state index contributed by atoms with van der Waals surface area (Å²) in [6.45, 7) is 1.71. The molecule has 2 aromatic rings. The lowest BCUT2D eigenvalue weighted by atomic mass is 10.1. The quantitative estimate of drug-likeness (QED) is 0.913. The number of hydrogen-bond acceptors (Lipinski definition) is 6. The van der Waals surface area contributed by atoms with Crippen LogP contribution in [0.3, 0.4) is 0 Å². The Morgan fingerprint density at radius 3 is 3.13 bits per heavy atom. The molecular formula is C17H22N4OS. The fourth-order valence-corrected chi connectivity index (χ4v) is 5.51. The first-order chi connectivity index (χ1) is 11.2. The zero-order chi connectivity index (χ0) is 15.6. The van der Waals surface area contributed by atoms with Gasteiger partial charge in [0.15, 0.2) is 5.13 Å². The highest BCUT2D eigenvalue weighted by Crippen LogP contribution is 2.41. The van der Waals surface area contributed by atoms with Gasteiger partial charge in [0.2, 0.25) is 0 Å². The molecule has 3 atom stereocenters. The lowest BCUT2D eigenvalue weighted by molar-refractivity contribution is 0.274. The molecule has 0 radical (unpaired) electrons. The van der Waals surface area contributed by atoms with Crippen LogP contribution in [-0.4, -0.2) is 55.4 Å². The number of likely N-dealkylation sites (N-methyl/N-ethyl adjacent to an activating group) is 1.